The van der Waals surface area contributed by atoms with Gasteiger partial charge in [0.25, 0.3) is 5.78 Å². The van der Waals surface area contributed by atoms with Gasteiger partial charge in [0.2, 0.25) is 6.79 Å². The highest BCUT2D eigenvalue weighted by Gasteiger charge is 2.29. The Kier molecular flexibility index (Phi) is 4.01. The first-order valence-corrected chi connectivity index (χ1v) is 5.80. The van der Waals surface area contributed by atoms with Crippen LogP contribution in [0.15, 0.2) is 12.1 Å². The zero-order chi connectivity index (χ0) is 13.8. The van der Waals surface area contributed by atoms with Gasteiger partial charge in [0, 0.05) is 12.7 Å². The highest BCUT2D eigenvalue weighted by atomic mass is 16.7. The summed E-state index contributed by atoms with van der Waals surface area (Å²) in [5, 5.41) is 0. The number of rotatable bonds is 5. The highest BCUT2D eigenvalue weighted by molar-refractivity contribution is 6.41. The Bertz CT molecular complexity index is 508. The Balaban J connectivity index is 2.35. The summed E-state index contributed by atoms with van der Waals surface area (Å²) in [7, 11) is 1.56. The molecule has 0 bridgehead atoms. The predicted octanol–water partition coefficient (Wildman–Crippen LogP) is 1.31. The Hall–Kier alpha value is -2.08. The molecule has 0 atom stereocenters. The zero-order valence-corrected chi connectivity index (χ0v) is 10.7. The van der Waals surface area contributed by atoms with Gasteiger partial charge in [-0.05, 0) is 13.0 Å². The number of hydrogen-bond acceptors (Lipinski definition) is 6. The molecule has 0 aliphatic carbocycles. The molecule has 0 aromatic heterocycles. The van der Waals surface area contributed by atoms with E-state index < -0.39 is 11.8 Å². The lowest BCUT2D eigenvalue weighted by molar-refractivity contribution is -0.137. The summed E-state index contributed by atoms with van der Waals surface area (Å²) in [6.45, 7) is 2.13. The van der Waals surface area contributed by atoms with Crippen molar-refractivity contribution >= 4 is 11.8 Å². The first kappa shape index (κ1) is 13.4. The van der Waals surface area contributed by atoms with E-state index in [4.69, 9.17) is 14.2 Å². The van der Waals surface area contributed by atoms with E-state index in [0.717, 1.165) is 5.56 Å². The van der Waals surface area contributed by atoms with Crippen molar-refractivity contribution < 1.29 is 28.5 Å². The van der Waals surface area contributed by atoms with Crippen LogP contribution < -0.4 is 9.47 Å². The molecule has 0 saturated heterocycles. The molecule has 1 aliphatic rings. The van der Waals surface area contributed by atoms with Gasteiger partial charge in [0.1, 0.15) is 0 Å². The van der Waals surface area contributed by atoms with Crippen LogP contribution in [0.5, 0.6) is 11.5 Å². The lowest BCUT2D eigenvalue weighted by Crippen LogP contribution is -2.18. The maximum Gasteiger partial charge on any atom is 0.379 e. The topological polar surface area (TPSA) is 71.1 Å². The second kappa shape index (κ2) is 5.71. The molecule has 1 aliphatic heterocycles. The molecular weight excluding hydrogens is 252 g/mol. The predicted molar refractivity (Wildman–Crippen MR) is 64.2 cm³/mol. The van der Waals surface area contributed by atoms with E-state index in [-0.39, 0.29) is 24.7 Å². The minimum atomic E-state index is -0.903. The Morgan fingerprint density at radius 3 is 2.68 bits per heavy atom. The molecule has 6 heteroatoms. The number of hydrogen-bond donors (Lipinski definition) is 0. The number of ketones is 1. The summed E-state index contributed by atoms with van der Waals surface area (Å²) >= 11 is 0. The summed E-state index contributed by atoms with van der Waals surface area (Å²) in [6, 6.07) is 3.19. The molecule has 0 radical (unpaired) electrons. The second-order valence-corrected chi connectivity index (χ2v) is 3.82. The quantitative estimate of drug-likeness (QED) is 0.454. The summed E-state index contributed by atoms with van der Waals surface area (Å²) in [5.74, 6) is -0.933. The molecular formula is C13H14O6. The second-order valence-electron chi connectivity index (χ2n) is 3.82. The number of benzene rings is 1. The summed E-state index contributed by atoms with van der Waals surface area (Å²) in [6.07, 6.45) is 0. The SMILES string of the molecule is CCOC(=O)C(=O)c1ccc(COC)c2c1OCO2. The average molecular weight is 266 g/mol. The van der Waals surface area contributed by atoms with Crippen LogP contribution in [0.1, 0.15) is 22.8 Å². The van der Waals surface area contributed by atoms with Crippen molar-refractivity contribution in [2.24, 2.45) is 0 Å². The third-order valence-corrected chi connectivity index (χ3v) is 2.61. The minimum Gasteiger partial charge on any atom is -0.460 e. The molecule has 1 aromatic carbocycles. The van der Waals surface area contributed by atoms with Gasteiger partial charge >= 0.3 is 5.97 Å². The Labute approximate surface area is 110 Å². The van der Waals surface area contributed by atoms with E-state index in [1.165, 1.54) is 6.07 Å². The number of fused-ring (bicyclic) bond motifs is 1. The monoisotopic (exact) mass is 266 g/mol. The fourth-order valence-corrected chi connectivity index (χ4v) is 1.81. The van der Waals surface area contributed by atoms with Crippen LogP contribution in [0, 0.1) is 0 Å². The fraction of sp³-hybridized carbons (Fsp3) is 0.385. The van der Waals surface area contributed by atoms with E-state index in [1.807, 2.05) is 0 Å². The van der Waals surface area contributed by atoms with E-state index in [2.05, 4.69) is 4.74 Å². The first-order valence-electron chi connectivity index (χ1n) is 5.80. The number of carbonyl (C=O) groups excluding carboxylic acids is 2. The normalized spacial score (nSPS) is 12.3. The molecule has 102 valence electrons. The van der Waals surface area contributed by atoms with E-state index in [1.54, 1.807) is 20.1 Å². The van der Waals surface area contributed by atoms with Crippen molar-refractivity contribution in [3.05, 3.63) is 23.3 Å². The van der Waals surface area contributed by atoms with Crippen LogP contribution in [0.4, 0.5) is 0 Å². The highest BCUT2D eigenvalue weighted by Crippen LogP contribution is 2.39. The molecule has 0 saturated carbocycles. The molecule has 1 aromatic rings. The smallest absolute Gasteiger partial charge is 0.379 e. The van der Waals surface area contributed by atoms with Crippen LogP contribution in [0.25, 0.3) is 0 Å². The van der Waals surface area contributed by atoms with Gasteiger partial charge in [0.15, 0.2) is 11.5 Å². The molecule has 0 fully saturated rings. The number of methoxy groups -OCH3 is 1. The Morgan fingerprint density at radius 2 is 2.00 bits per heavy atom. The van der Waals surface area contributed by atoms with Gasteiger partial charge in [0.05, 0.1) is 18.8 Å². The van der Waals surface area contributed by atoms with Gasteiger partial charge in [-0.25, -0.2) is 4.79 Å². The third kappa shape index (κ3) is 2.53. The van der Waals surface area contributed by atoms with Crippen LogP contribution in [-0.2, 0) is 20.9 Å². The molecule has 2 rings (SSSR count). The van der Waals surface area contributed by atoms with Crippen molar-refractivity contribution in [3.63, 3.8) is 0 Å². The van der Waals surface area contributed by atoms with Crippen molar-refractivity contribution in [1.82, 2.24) is 0 Å². The summed E-state index contributed by atoms with van der Waals surface area (Å²) < 4.78 is 20.3. The number of Topliss-reactive ketones (excluding diaryl/α,β-unsaturated/α-hetero) is 1. The largest absolute Gasteiger partial charge is 0.460 e. The minimum absolute atomic E-state index is 0.0131. The maximum absolute atomic E-state index is 11.9. The van der Waals surface area contributed by atoms with Gasteiger partial charge in [-0.2, -0.15) is 0 Å². The lowest BCUT2D eigenvalue weighted by atomic mass is 10.1. The van der Waals surface area contributed by atoms with E-state index >= 15 is 0 Å². The standard InChI is InChI=1S/C13H14O6/c1-3-17-13(15)10(14)9-5-4-8(6-16-2)11-12(9)19-7-18-11/h4-5H,3,6-7H2,1-2H3. The van der Waals surface area contributed by atoms with E-state index in [0.29, 0.717) is 12.4 Å². The summed E-state index contributed by atoms with van der Waals surface area (Å²) in [5.41, 5.74) is 0.904. The van der Waals surface area contributed by atoms with Crippen LogP contribution in [0.3, 0.4) is 0 Å². The molecule has 0 spiro atoms. The molecule has 19 heavy (non-hydrogen) atoms. The van der Waals surface area contributed by atoms with Crippen LogP contribution in [-0.4, -0.2) is 32.3 Å². The van der Waals surface area contributed by atoms with Crippen molar-refractivity contribution in [2.45, 2.75) is 13.5 Å². The molecule has 0 amide bonds. The van der Waals surface area contributed by atoms with Gasteiger partial charge in [-0.15, -0.1) is 0 Å². The van der Waals surface area contributed by atoms with Crippen LogP contribution >= 0.6 is 0 Å². The fourth-order valence-electron chi connectivity index (χ4n) is 1.81. The summed E-state index contributed by atoms with van der Waals surface area (Å²) in [4.78, 5) is 23.4. The number of ether oxygens (including phenoxy) is 4. The van der Waals surface area contributed by atoms with Gasteiger partial charge in [-0.3, -0.25) is 4.79 Å². The number of carbonyl (C=O) groups is 2. The first-order chi connectivity index (χ1) is 9.19. The molecule has 0 unspecified atom stereocenters. The van der Waals surface area contributed by atoms with Crippen molar-refractivity contribution in [3.8, 4) is 11.5 Å². The third-order valence-electron chi connectivity index (χ3n) is 2.61. The zero-order valence-electron chi connectivity index (χ0n) is 10.7. The van der Waals surface area contributed by atoms with E-state index in [9.17, 15) is 9.59 Å². The molecule has 1 heterocycles. The molecule has 6 nitrogen and oxygen atoms in total. The average Bonchev–Trinajstić information content (AvgIpc) is 2.88. The number of esters is 1. The van der Waals surface area contributed by atoms with Crippen LogP contribution in [0.2, 0.25) is 0 Å². The van der Waals surface area contributed by atoms with Gasteiger partial charge < -0.3 is 18.9 Å². The Morgan fingerprint density at radius 1 is 1.26 bits per heavy atom. The van der Waals surface area contributed by atoms with Crippen molar-refractivity contribution in [2.75, 3.05) is 20.5 Å². The van der Waals surface area contributed by atoms with Gasteiger partial charge in [-0.1, -0.05) is 6.07 Å². The van der Waals surface area contributed by atoms with Crippen molar-refractivity contribution in [1.29, 1.82) is 0 Å². The molecule has 0 N–H and O–H groups in total. The lowest BCUT2D eigenvalue weighted by Gasteiger charge is -2.08. The maximum atomic E-state index is 11.9.